The number of hydrogen-bond acceptors (Lipinski definition) is 9. The second kappa shape index (κ2) is 16.5. The number of Topliss-reactive ketones (excluding diaryl/α,β-unsaturated/α-hetero) is 1. The van der Waals surface area contributed by atoms with Crippen LogP contribution in [0.2, 0.25) is 0 Å². The molecule has 1 fully saturated rings. The van der Waals surface area contributed by atoms with E-state index in [1.807, 2.05) is 75.3 Å². The lowest BCUT2D eigenvalue weighted by Crippen LogP contribution is -2.57. The number of carbonyl (C=O) groups is 5. The Morgan fingerprint density at radius 3 is 2.35 bits per heavy atom. The van der Waals surface area contributed by atoms with Crippen molar-refractivity contribution < 1.29 is 28.7 Å². The van der Waals surface area contributed by atoms with Crippen LogP contribution in [0.25, 0.3) is 10.2 Å². The molecule has 1 aliphatic heterocycles. The van der Waals surface area contributed by atoms with E-state index in [1.54, 1.807) is 19.9 Å². The van der Waals surface area contributed by atoms with E-state index in [-0.39, 0.29) is 48.0 Å². The monoisotopic (exact) mass is 678 g/mol. The third kappa shape index (κ3) is 9.75. The summed E-state index contributed by atoms with van der Waals surface area (Å²) in [5.74, 6) is -2.33. The fourth-order valence-electron chi connectivity index (χ4n) is 5.50. The van der Waals surface area contributed by atoms with Gasteiger partial charge in [0, 0.05) is 38.3 Å². The van der Waals surface area contributed by atoms with Crippen molar-refractivity contribution in [2.45, 2.75) is 65.1 Å². The highest BCUT2D eigenvalue weighted by atomic mass is 32.1. The Labute approximate surface area is 285 Å². The SMILES string of the molecule is CC(C)C[C@@H](NC(=O)[C@H](NC(=O)COc1cccc(N(C)C)c1)C(C)C)C(=O)N[C@H](C[C@H]1CCNC1=O)C(=O)c1nc2ccccc2s1. The van der Waals surface area contributed by atoms with Gasteiger partial charge in [0.1, 0.15) is 17.8 Å². The first-order valence-electron chi connectivity index (χ1n) is 16.3. The van der Waals surface area contributed by atoms with E-state index < -0.39 is 41.8 Å². The zero-order valence-corrected chi connectivity index (χ0v) is 29.2. The van der Waals surface area contributed by atoms with E-state index in [0.717, 1.165) is 10.4 Å². The molecule has 258 valence electrons. The van der Waals surface area contributed by atoms with Gasteiger partial charge in [-0.05, 0) is 55.4 Å². The van der Waals surface area contributed by atoms with E-state index in [0.29, 0.717) is 24.2 Å². The molecule has 4 amide bonds. The molecule has 4 N–H and O–H groups in total. The zero-order valence-electron chi connectivity index (χ0n) is 28.4. The van der Waals surface area contributed by atoms with Gasteiger partial charge in [0.25, 0.3) is 5.91 Å². The number of rotatable bonds is 16. The van der Waals surface area contributed by atoms with Gasteiger partial charge in [-0.1, -0.05) is 45.9 Å². The van der Waals surface area contributed by atoms with Gasteiger partial charge in [0.2, 0.25) is 23.5 Å². The molecule has 2 heterocycles. The maximum atomic E-state index is 13.8. The van der Waals surface area contributed by atoms with Crippen LogP contribution in [-0.4, -0.2) is 79.8 Å². The van der Waals surface area contributed by atoms with E-state index in [1.165, 1.54) is 11.3 Å². The molecule has 0 aliphatic carbocycles. The van der Waals surface area contributed by atoms with Crippen LogP contribution in [0.15, 0.2) is 48.5 Å². The average Bonchev–Trinajstić information content (AvgIpc) is 3.67. The summed E-state index contributed by atoms with van der Waals surface area (Å²) in [5, 5.41) is 11.4. The summed E-state index contributed by atoms with van der Waals surface area (Å²) >= 11 is 1.23. The number of nitrogens with zero attached hydrogens (tertiary/aromatic N) is 2. The van der Waals surface area contributed by atoms with Crippen LogP contribution in [0, 0.1) is 17.8 Å². The van der Waals surface area contributed by atoms with Crippen LogP contribution in [0.5, 0.6) is 5.75 Å². The number of para-hydroxylation sites is 1. The molecule has 48 heavy (non-hydrogen) atoms. The second-order valence-electron chi connectivity index (χ2n) is 13.1. The molecule has 4 rings (SSSR count). The Balaban J connectivity index is 1.46. The lowest BCUT2D eigenvalue weighted by atomic mass is 9.94. The number of nitrogens with one attached hydrogen (secondary N) is 4. The zero-order chi connectivity index (χ0) is 35.0. The Bertz CT molecular complexity index is 1590. The third-order valence-corrected chi connectivity index (χ3v) is 9.18. The van der Waals surface area contributed by atoms with E-state index in [4.69, 9.17) is 4.74 Å². The molecule has 4 atom stereocenters. The highest BCUT2D eigenvalue weighted by molar-refractivity contribution is 7.20. The normalized spacial score (nSPS) is 16.2. The number of aromatic nitrogens is 1. The smallest absolute Gasteiger partial charge is 0.258 e. The summed E-state index contributed by atoms with van der Waals surface area (Å²) in [4.78, 5) is 73.0. The van der Waals surface area contributed by atoms with Crippen LogP contribution in [0.1, 0.15) is 56.8 Å². The molecule has 1 saturated heterocycles. The van der Waals surface area contributed by atoms with Crippen molar-refractivity contribution in [2.75, 3.05) is 32.1 Å². The molecule has 3 aromatic rings. The van der Waals surface area contributed by atoms with Crippen molar-refractivity contribution in [2.24, 2.45) is 17.8 Å². The van der Waals surface area contributed by atoms with Crippen LogP contribution >= 0.6 is 11.3 Å². The molecular weight excluding hydrogens is 632 g/mol. The topological polar surface area (TPSA) is 159 Å². The molecule has 0 unspecified atom stereocenters. The number of hydrogen-bond donors (Lipinski definition) is 4. The van der Waals surface area contributed by atoms with Crippen LogP contribution in [0.4, 0.5) is 5.69 Å². The van der Waals surface area contributed by atoms with Gasteiger partial charge in [-0.3, -0.25) is 24.0 Å². The molecule has 12 nitrogen and oxygen atoms in total. The second-order valence-corrected chi connectivity index (χ2v) is 14.1. The van der Waals surface area contributed by atoms with Crippen LogP contribution in [-0.2, 0) is 19.2 Å². The maximum absolute atomic E-state index is 13.8. The van der Waals surface area contributed by atoms with Crippen molar-refractivity contribution in [1.82, 2.24) is 26.3 Å². The summed E-state index contributed by atoms with van der Waals surface area (Å²) < 4.78 is 6.51. The number of thiazole rings is 1. The highest BCUT2D eigenvalue weighted by Crippen LogP contribution is 2.25. The standard InChI is InChI=1S/C35H46N6O6S/c1-20(2)16-27(38-34(46)30(21(3)4)40-29(42)19-47-24-11-9-10-23(18-24)41(5)6)33(45)37-26(17-22-14-15-36-32(22)44)31(43)35-39-25-12-7-8-13-28(25)48-35/h7-13,18,20-22,26-27,30H,14-17,19H2,1-6H3,(H,36,44)(H,37,45)(H,38,46)(H,40,42)/t22-,26-,27-,30-/m1/s1. The molecule has 0 radical (unpaired) electrons. The van der Waals surface area contributed by atoms with Gasteiger partial charge in [0.05, 0.1) is 16.3 Å². The molecular formula is C35H46N6O6S. The molecule has 0 saturated carbocycles. The average molecular weight is 679 g/mol. The lowest BCUT2D eigenvalue weighted by molar-refractivity contribution is -0.134. The minimum absolute atomic E-state index is 0.0125. The number of ether oxygens (including phenoxy) is 1. The quantitative estimate of drug-likeness (QED) is 0.168. The van der Waals surface area contributed by atoms with Crippen molar-refractivity contribution in [3.05, 3.63) is 53.5 Å². The minimum atomic E-state index is -1.03. The first-order valence-corrected chi connectivity index (χ1v) is 17.1. The summed E-state index contributed by atoms with van der Waals surface area (Å²) in [6, 6.07) is 11.7. The van der Waals surface area contributed by atoms with Crippen LogP contribution < -0.4 is 30.9 Å². The van der Waals surface area contributed by atoms with Gasteiger partial charge < -0.3 is 30.9 Å². The van der Waals surface area contributed by atoms with Gasteiger partial charge in [0.15, 0.2) is 11.6 Å². The summed E-state index contributed by atoms with van der Waals surface area (Å²) in [7, 11) is 3.80. The van der Waals surface area contributed by atoms with Gasteiger partial charge in [-0.15, -0.1) is 11.3 Å². The Kier molecular flexibility index (Phi) is 12.5. The first-order chi connectivity index (χ1) is 22.8. The number of carbonyl (C=O) groups excluding carboxylic acids is 5. The number of fused-ring (bicyclic) bond motifs is 1. The fourth-order valence-corrected chi connectivity index (χ4v) is 6.46. The molecule has 13 heteroatoms. The largest absolute Gasteiger partial charge is 0.484 e. The predicted molar refractivity (Wildman–Crippen MR) is 186 cm³/mol. The van der Waals surface area contributed by atoms with Gasteiger partial charge in [-0.2, -0.15) is 0 Å². The molecule has 1 aromatic heterocycles. The van der Waals surface area contributed by atoms with Gasteiger partial charge in [-0.25, -0.2) is 4.98 Å². The van der Waals surface area contributed by atoms with Crippen molar-refractivity contribution in [3.8, 4) is 5.75 Å². The number of ketones is 1. The lowest BCUT2D eigenvalue weighted by Gasteiger charge is -2.27. The van der Waals surface area contributed by atoms with Crippen LogP contribution in [0.3, 0.4) is 0 Å². The molecule has 0 bridgehead atoms. The van der Waals surface area contributed by atoms with Crippen molar-refractivity contribution in [3.63, 3.8) is 0 Å². The fraction of sp³-hybridized carbons (Fsp3) is 0.486. The Morgan fingerprint density at radius 2 is 1.71 bits per heavy atom. The Morgan fingerprint density at radius 1 is 0.979 bits per heavy atom. The summed E-state index contributed by atoms with van der Waals surface area (Å²) in [5.41, 5.74) is 1.59. The third-order valence-electron chi connectivity index (χ3n) is 8.13. The minimum Gasteiger partial charge on any atom is -0.484 e. The predicted octanol–water partition coefficient (Wildman–Crippen LogP) is 3.31. The highest BCUT2D eigenvalue weighted by Gasteiger charge is 2.36. The van der Waals surface area contributed by atoms with E-state index >= 15 is 0 Å². The van der Waals surface area contributed by atoms with E-state index in [9.17, 15) is 24.0 Å². The maximum Gasteiger partial charge on any atom is 0.258 e. The first kappa shape index (κ1) is 36.3. The molecule has 2 aromatic carbocycles. The summed E-state index contributed by atoms with van der Waals surface area (Å²) in [6.07, 6.45) is 0.940. The Hall–Kier alpha value is -4.52. The van der Waals surface area contributed by atoms with Gasteiger partial charge >= 0.3 is 0 Å². The molecule has 1 aliphatic rings. The van der Waals surface area contributed by atoms with Crippen molar-refractivity contribution in [1.29, 1.82) is 0 Å². The van der Waals surface area contributed by atoms with Crippen molar-refractivity contribution >= 4 is 56.7 Å². The summed E-state index contributed by atoms with van der Waals surface area (Å²) in [6.45, 7) is 7.63. The number of benzene rings is 2. The number of anilines is 1. The number of amides is 4. The molecule has 0 spiro atoms. The van der Waals surface area contributed by atoms with E-state index in [2.05, 4.69) is 26.3 Å².